The van der Waals surface area contributed by atoms with Crippen LogP contribution in [0, 0.1) is 0 Å². The zero-order chi connectivity index (χ0) is 16.5. The van der Waals surface area contributed by atoms with E-state index in [0.29, 0.717) is 10.8 Å². The molecule has 0 amide bonds. The van der Waals surface area contributed by atoms with Crippen LogP contribution < -0.4 is 9.47 Å². The molecule has 8 heteroatoms. The molecule has 0 fully saturated rings. The number of carbonyl (C=O) groups excluding carboxylic acids is 2. The Morgan fingerprint density at radius 1 is 0.909 bits per heavy atom. The van der Waals surface area contributed by atoms with Crippen molar-refractivity contribution in [2.24, 2.45) is 0 Å². The summed E-state index contributed by atoms with van der Waals surface area (Å²) in [6.45, 7) is 2.37. The minimum absolute atomic E-state index is 0.0253. The lowest BCUT2D eigenvalue weighted by Crippen LogP contribution is -2.07. The lowest BCUT2D eigenvalue weighted by molar-refractivity contribution is -0.134. The fourth-order valence-electron chi connectivity index (χ4n) is 1.86. The number of fused-ring (bicyclic) bond motifs is 1. The molecule has 0 atom stereocenters. The number of esters is 2. The molecule has 7 nitrogen and oxygen atoms in total. The average Bonchev–Trinajstić information content (AvgIpc) is 2.36. The topological polar surface area (TPSA) is 107 Å². The summed E-state index contributed by atoms with van der Waals surface area (Å²) >= 11 is 0. The van der Waals surface area contributed by atoms with Crippen LogP contribution in [0.5, 0.6) is 11.5 Å². The van der Waals surface area contributed by atoms with Gasteiger partial charge in [0.1, 0.15) is 0 Å². The van der Waals surface area contributed by atoms with Crippen LogP contribution >= 0.6 is 0 Å². The summed E-state index contributed by atoms with van der Waals surface area (Å²) in [6.07, 6.45) is 0. The molecule has 116 valence electrons. The van der Waals surface area contributed by atoms with Crippen LogP contribution in [0.1, 0.15) is 13.8 Å². The van der Waals surface area contributed by atoms with Gasteiger partial charge in [0, 0.05) is 13.8 Å². The average molecular weight is 324 g/mol. The zero-order valence-corrected chi connectivity index (χ0v) is 12.5. The van der Waals surface area contributed by atoms with Gasteiger partial charge in [-0.3, -0.25) is 14.1 Å². The quantitative estimate of drug-likeness (QED) is 0.522. The van der Waals surface area contributed by atoms with Crippen molar-refractivity contribution in [1.29, 1.82) is 0 Å². The number of benzene rings is 2. The van der Waals surface area contributed by atoms with Crippen LogP contribution in [0.3, 0.4) is 0 Å². The standard InChI is InChI=1S/C14H12O7S/c1-8(15)20-13-6-10-3-4-12(22(17,18)19)5-11(10)7-14(13)21-9(2)16/h3-7H,1-2H3,(H,17,18,19). The summed E-state index contributed by atoms with van der Waals surface area (Å²) in [6, 6.07) is 6.64. The molecule has 1 N–H and O–H groups in total. The van der Waals surface area contributed by atoms with E-state index in [1.54, 1.807) is 0 Å². The fourth-order valence-corrected chi connectivity index (χ4v) is 2.38. The Hall–Kier alpha value is -2.45. The van der Waals surface area contributed by atoms with Gasteiger partial charge in [0.2, 0.25) is 0 Å². The van der Waals surface area contributed by atoms with Crippen LogP contribution in [-0.4, -0.2) is 24.9 Å². The van der Waals surface area contributed by atoms with Gasteiger partial charge >= 0.3 is 11.9 Å². The maximum absolute atomic E-state index is 11.2. The third-order valence-corrected chi connectivity index (χ3v) is 3.53. The molecule has 0 aromatic heterocycles. The van der Waals surface area contributed by atoms with Crippen molar-refractivity contribution in [1.82, 2.24) is 0 Å². The molecule has 0 aliphatic rings. The Bertz CT molecular complexity index is 868. The highest BCUT2D eigenvalue weighted by atomic mass is 32.2. The molecular formula is C14H12O7S. The van der Waals surface area contributed by atoms with Gasteiger partial charge in [-0.2, -0.15) is 8.42 Å². The van der Waals surface area contributed by atoms with Crippen molar-refractivity contribution in [3.8, 4) is 11.5 Å². The van der Waals surface area contributed by atoms with Crippen molar-refractivity contribution >= 4 is 32.8 Å². The summed E-state index contributed by atoms with van der Waals surface area (Å²) in [5.41, 5.74) is 0. The normalized spacial score (nSPS) is 11.2. The van der Waals surface area contributed by atoms with Crippen LogP contribution in [0.25, 0.3) is 10.8 Å². The molecule has 0 radical (unpaired) electrons. The number of rotatable bonds is 3. The Balaban J connectivity index is 2.65. The first-order valence-electron chi connectivity index (χ1n) is 6.09. The van der Waals surface area contributed by atoms with Crippen LogP contribution in [0.4, 0.5) is 0 Å². The molecule has 22 heavy (non-hydrogen) atoms. The molecule has 0 saturated heterocycles. The van der Waals surface area contributed by atoms with Crippen molar-refractivity contribution < 1.29 is 32.0 Å². The molecular weight excluding hydrogens is 312 g/mol. The number of hydrogen-bond acceptors (Lipinski definition) is 6. The summed E-state index contributed by atoms with van der Waals surface area (Å²) < 4.78 is 41.3. The molecule has 0 aliphatic carbocycles. The SMILES string of the molecule is CC(=O)Oc1cc2ccc(S(=O)(=O)O)cc2cc1OC(C)=O. The third-order valence-electron chi connectivity index (χ3n) is 2.68. The highest BCUT2D eigenvalue weighted by Crippen LogP contribution is 2.34. The monoisotopic (exact) mass is 324 g/mol. The second-order valence-corrected chi connectivity index (χ2v) is 5.89. The number of ether oxygens (including phenoxy) is 2. The third kappa shape index (κ3) is 3.60. The van der Waals surface area contributed by atoms with Crippen molar-refractivity contribution in [3.63, 3.8) is 0 Å². The van der Waals surface area contributed by atoms with E-state index >= 15 is 0 Å². The lowest BCUT2D eigenvalue weighted by Gasteiger charge is -2.10. The van der Waals surface area contributed by atoms with Crippen LogP contribution in [0.15, 0.2) is 35.2 Å². The minimum Gasteiger partial charge on any atom is -0.423 e. The van der Waals surface area contributed by atoms with Gasteiger partial charge in [-0.15, -0.1) is 0 Å². The first-order chi connectivity index (χ1) is 10.2. The maximum Gasteiger partial charge on any atom is 0.308 e. The molecule has 2 aromatic rings. The van der Waals surface area contributed by atoms with Crippen LogP contribution in [0.2, 0.25) is 0 Å². The number of carbonyl (C=O) groups is 2. The first kappa shape index (κ1) is 15.9. The lowest BCUT2D eigenvalue weighted by atomic mass is 10.1. The van der Waals surface area contributed by atoms with E-state index < -0.39 is 22.1 Å². The summed E-state index contributed by atoms with van der Waals surface area (Å²) in [7, 11) is -4.35. The summed E-state index contributed by atoms with van der Waals surface area (Å²) in [5.74, 6) is -1.21. The van der Waals surface area contributed by atoms with Gasteiger partial charge in [-0.05, 0) is 35.0 Å². The summed E-state index contributed by atoms with van der Waals surface area (Å²) in [4.78, 5) is 21.9. The van der Waals surface area contributed by atoms with E-state index in [1.165, 1.54) is 44.2 Å². The van der Waals surface area contributed by atoms with Crippen molar-refractivity contribution in [2.45, 2.75) is 18.7 Å². The Morgan fingerprint density at radius 3 is 1.86 bits per heavy atom. The van der Waals surface area contributed by atoms with Gasteiger partial charge in [0.05, 0.1) is 4.90 Å². The van der Waals surface area contributed by atoms with Crippen molar-refractivity contribution in [3.05, 3.63) is 30.3 Å². The molecule has 2 rings (SSSR count). The molecule has 0 heterocycles. The van der Waals surface area contributed by atoms with Gasteiger partial charge < -0.3 is 9.47 Å². The predicted octanol–water partition coefficient (Wildman–Crippen LogP) is 1.94. The molecule has 0 unspecified atom stereocenters. The summed E-state index contributed by atoms with van der Waals surface area (Å²) in [5, 5.41) is 0.932. The van der Waals surface area contributed by atoms with E-state index in [4.69, 9.17) is 14.0 Å². The van der Waals surface area contributed by atoms with E-state index in [0.717, 1.165) is 0 Å². The molecule has 0 bridgehead atoms. The highest BCUT2D eigenvalue weighted by molar-refractivity contribution is 7.85. The minimum atomic E-state index is -4.35. The van der Waals surface area contributed by atoms with Crippen molar-refractivity contribution in [2.75, 3.05) is 0 Å². The number of hydrogen-bond donors (Lipinski definition) is 1. The van der Waals surface area contributed by atoms with E-state index in [2.05, 4.69) is 0 Å². The molecule has 0 saturated carbocycles. The highest BCUT2D eigenvalue weighted by Gasteiger charge is 2.15. The fraction of sp³-hybridized carbons (Fsp3) is 0.143. The zero-order valence-electron chi connectivity index (χ0n) is 11.7. The molecule has 0 spiro atoms. The van der Waals surface area contributed by atoms with E-state index in [-0.39, 0.29) is 16.4 Å². The predicted molar refractivity (Wildman–Crippen MR) is 76.4 cm³/mol. The maximum atomic E-state index is 11.2. The van der Waals surface area contributed by atoms with E-state index in [9.17, 15) is 18.0 Å². The molecule has 2 aromatic carbocycles. The van der Waals surface area contributed by atoms with Gasteiger partial charge in [-0.25, -0.2) is 0 Å². The van der Waals surface area contributed by atoms with E-state index in [1.807, 2.05) is 0 Å². The largest absolute Gasteiger partial charge is 0.423 e. The van der Waals surface area contributed by atoms with Gasteiger partial charge in [-0.1, -0.05) is 6.07 Å². The Kier molecular flexibility index (Phi) is 4.16. The smallest absolute Gasteiger partial charge is 0.308 e. The Morgan fingerprint density at radius 2 is 1.41 bits per heavy atom. The second kappa shape index (κ2) is 5.74. The second-order valence-electron chi connectivity index (χ2n) is 4.47. The molecule has 0 aliphatic heterocycles. The Labute approximate surface area is 126 Å². The van der Waals surface area contributed by atoms with Gasteiger partial charge in [0.25, 0.3) is 10.1 Å². The first-order valence-corrected chi connectivity index (χ1v) is 7.53. The van der Waals surface area contributed by atoms with Crippen LogP contribution in [-0.2, 0) is 19.7 Å². The van der Waals surface area contributed by atoms with Gasteiger partial charge in [0.15, 0.2) is 11.5 Å².